The van der Waals surface area contributed by atoms with Gasteiger partial charge in [-0.15, -0.1) is 0 Å². The number of halogens is 12. The van der Waals surface area contributed by atoms with Crippen molar-refractivity contribution in [1.82, 2.24) is 10.6 Å². The van der Waals surface area contributed by atoms with Crippen LogP contribution < -0.4 is 15.4 Å². The van der Waals surface area contributed by atoms with Gasteiger partial charge in [0.05, 0.1) is 11.1 Å². The van der Waals surface area contributed by atoms with Gasteiger partial charge in [-0.25, -0.2) is 13.6 Å². The fourth-order valence-electron chi connectivity index (χ4n) is 4.54. The number of carbonyl (C=O) groups is 1. The van der Waals surface area contributed by atoms with Gasteiger partial charge in [0.15, 0.2) is 0 Å². The van der Waals surface area contributed by atoms with Crippen LogP contribution in [0.4, 0.5) is 57.5 Å². The van der Waals surface area contributed by atoms with Gasteiger partial charge in [-0.2, -0.15) is 43.9 Å². The van der Waals surface area contributed by atoms with Crippen LogP contribution in [0.25, 0.3) is 0 Å². The summed E-state index contributed by atoms with van der Waals surface area (Å²) >= 11 is 0. The first kappa shape index (κ1) is 35.4. The third kappa shape index (κ3) is 8.54. The van der Waals surface area contributed by atoms with Crippen molar-refractivity contribution in [3.05, 3.63) is 101 Å². The standard InChI is InChI=1S/C29H24F12N2O2/c1-15(2)23(28(37,38)39)42-25(44)43-26(14-16-6-4-3-5-7-16,17-8-9-22(31)21(12-17)27(34,35)36)18-10-19(30)13-20(11-18)45-29(40,41)24(32)33/h3-13,15,23-24H,14H2,1-2H3,(H2,42,43,44)/t23-,26+/m0/s1. The number of amides is 2. The Labute approximate surface area is 248 Å². The van der Waals surface area contributed by atoms with E-state index in [0.717, 1.165) is 13.8 Å². The molecule has 0 radical (unpaired) electrons. The summed E-state index contributed by atoms with van der Waals surface area (Å²) in [5.74, 6) is -5.81. The van der Waals surface area contributed by atoms with E-state index in [-0.39, 0.29) is 17.7 Å². The molecule has 246 valence electrons. The average Bonchev–Trinajstić information content (AvgIpc) is 2.90. The Hall–Kier alpha value is -4.11. The van der Waals surface area contributed by atoms with E-state index in [1.165, 1.54) is 30.3 Å². The minimum Gasteiger partial charge on any atom is -0.428 e. The summed E-state index contributed by atoms with van der Waals surface area (Å²) in [4.78, 5) is 13.2. The second-order valence-corrected chi connectivity index (χ2v) is 10.3. The van der Waals surface area contributed by atoms with E-state index in [4.69, 9.17) is 0 Å². The molecule has 0 saturated carbocycles. The van der Waals surface area contributed by atoms with Gasteiger partial charge >= 0.3 is 30.9 Å². The SMILES string of the molecule is CC(C)[C@H](NC(=O)N[C@@](Cc1ccccc1)(c1cc(F)cc(OC(F)(F)C(F)F)c1)c1ccc(F)c(C(F)(F)F)c1)C(F)(F)F. The molecule has 3 rings (SSSR count). The van der Waals surface area contributed by atoms with Crippen molar-refractivity contribution in [2.45, 2.75) is 56.7 Å². The van der Waals surface area contributed by atoms with Crippen LogP contribution in [0.5, 0.6) is 5.75 Å². The molecule has 0 bridgehead atoms. The first-order chi connectivity index (χ1) is 20.7. The molecule has 3 aromatic carbocycles. The van der Waals surface area contributed by atoms with E-state index in [1.807, 2.05) is 0 Å². The summed E-state index contributed by atoms with van der Waals surface area (Å²) < 4.78 is 169. The smallest absolute Gasteiger partial charge is 0.428 e. The molecular weight excluding hydrogens is 636 g/mol. The van der Waals surface area contributed by atoms with E-state index in [0.29, 0.717) is 24.3 Å². The van der Waals surface area contributed by atoms with Crippen molar-refractivity contribution in [3.63, 3.8) is 0 Å². The molecule has 0 spiro atoms. The molecule has 45 heavy (non-hydrogen) atoms. The van der Waals surface area contributed by atoms with Gasteiger partial charge in [0.25, 0.3) is 0 Å². The van der Waals surface area contributed by atoms with E-state index >= 15 is 0 Å². The minimum absolute atomic E-state index is 0.150. The summed E-state index contributed by atoms with van der Waals surface area (Å²) in [6, 6.07) is 5.35. The maximum absolute atomic E-state index is 14.9. The van der Waals surface area contributed by atoms with Gasteiger partial charge in [0.2, 0.25) is 0 Å². The number of alkyl halides is 10. The summed E-state index contributed by atoms with van der Waals surface area (Å²) in [7, 11) is 0. The number of nitrogens with one attached hydrogen (secondary N) is 2. The van der Waals surface area contributed by atoms with E-state index in [9.17, 15) is 57.5 Å². The van der Waals surface area contributed by atoms with Crippen molar-refractivity contribution in [2.24, 2.45) is 5.92 Å². The van der Waals surface area contributed by atoms with Gasteiger partial charge in [-0.1, -0.05) is 50.2 Å². The molecule has 0 aromatic heterocycles. The molecular formula is C29H24F12N2O2. The van der Waals surface area contributed by atoms with Crippen LogP contribution in [-0.4, -0.2) is 30.8 Å². The highest BCUT2D eigenvalue weighted by Crippen LogP contribution is 2.41. The Bertz CT molecular complexity index is 1480. The summed E-state index contributed by atoms with van der Waals surface area (Å²) in [5.41, 5.74) is -5.76. The quantitative estimate of drug-likeness (QED) is 0.214. The molecule has 0 aliphatic heterocycles. The molecule has 0 fully saturated rings. The topological polar surface area (TPSA) is 50.4 Å². The Balaban J connectivity index is 2.37. The molecule has 0 heterocycles. The lowest BCUT2D eigenvalue weighted by Crippen LogP contribution is -2.57. The predicted octanol–water partition coefficient (Wildman–Crippen LogP) is 8.59. The van der Waals surface area contributed by atoms with Crippen LogP contribution in [0.2, 0.25) is 0 Å². The van der Waals surface area contributed by atoms with Gasteiger partial charge in [0, 0.05) is 12.5 Å². The molecule has 0 aliphatic carbocycles. The van der Waals surface area contributed by atoms with Crippen LogP contribution in [0.3, 0.4) is 0 Å². The van der Waals surface area contributed by atoms with E-state index in [2.05, 4.69) is 10.1 Å². The van der Waals surface area contributed by atoms with Crippen LogP contribution in [0, 0.1) is 17.6 Å². The fraction of sp³-hybridized carbons (Fsp3) is 0.345. The predicted molar refractivity (Wildman–Crippen MR) is 137 cm³/mol. The molecule has 0 aliphatic rings. The van der Waals surface area contributed by atoms with Crippen molar-refractivity contribution in [1.29, 1.82) is 0 Å². The van der Waals surface area contributed by atoms with E-state index < -0.39 is 88.9 Å². The Morgan fingerprint density at radius 1 is 0.822 bits per heavy atom. The lowest BCUT2D eigenvalue weighted by molar-refractivity contribution is -0.253. The number of benzene rings is 3. The largest absolute Gasteiger partial charge is 0.461 e. The van der Waals surface area contributed by atoms with Gasteiger partial charge in [0.1, 0.15) is 23.4 Å². The monoisotopic (exact) mass is 660 g/mol. The minimum atomic E-state index is -5.35. The highest BCUT2D eigenvalue weighted by atomic mass is 19.4. The maximum atomic E-state index is 14.9. The number of ether oxygens (including phenoxy) is 1. The fourth-order valence-corrected chi connectivity index (χ4v) is 4.54. The normalized spacial score (nSPS) is 14.7. The highest BCUT2D eigenvalue weighted by Gasteiger charge is 2.47. The van der Waals surface area contributed by atoms with Crippen molar-refractivity contribution in [3.8, 4) is 5.75 Å². The molecule has 3 aromatic rings. The highest BCUT2D eigenvalue weighted by molar-refractivity contribution is 5.77. The first-order valence-corrected chi connectivity index (χ1v) is 12.9. The van der Waals surface area contributed by atoms with Crippen molar-refractivity contribution in [2.75, 3.05) is 0 Å². The summed E-state index contributed by atoms with van der Waals surface area (Å²) in [6.07, 6.45) is -20.7. The van der Waals surface area contributed by atoms with Gasteiger partial charge in [-0.05, 0) is 46.9 Å². The average molecular weight is 660 g/mol. The third-order valence-corrected chi connectivity index (χ3v) is 6.58. The molecule has 16 heteroatoms. The summed E-state index contributed by atoms with van der Waals surface area (Å²) in [6.45, 7) is 2.20. The Morgan fingerprint density at radius 3 is 1.98 bits per heavy atom. The lowest BCUT2D eigenvalue weighted by atomic mass is 9.77. The second-order valence-electron chi connectivity index (χ2n) is 10.3. The van der Waals surface area contributed by atoms with Crippen molar-refractivity contribution >= 4 is 6.03 Å². The Kier molecular flexibility index (Phi) is 10.3. The van der Waals surface area contributed by atoms with Crippen LogP contribution >= 0.6 is 0 Å². The van der Waals surface area contributed by atoms with Crippen LogP contribution in [0.1, 0.15) is 36.1 Å². The Morgan fingerprint density at radius 2 is 1.44 bits per heavy atom. The summed E-state index contributed by atoms with van der Waals surface area (Å²) in [5, 5.41) is 3.77. The molecule has 2 amide bonds. The number of urea groups is 1. The molecule has 0 saturated heterocycles. The molecule has 4 nitrogen and oxygen atoms in total. The van der Waals surface area contributed by atoms with Gasteiger partial charge in [-0.3, -0.25) is 0 Å². The van der Waals surface area contributed by atoms with Crippen molar-refractivity contribution < 1.29 is 62.2 Å². The van der Waals surface area contributed by atoms with Crippen LogP contribution in [-0.2, 0) is 18.1 Å². The zero-order valence-corrected chi connectivity index (χ0v) is 23.1. The number of hydrogen-bond acceptors (Lipinski definition) is 2. The van der Waals surface area contributed by atoms with Gasteiger partial charge < -0.3 is 15.4 Å². The zero-order chi connectivity index (χ0) is 34.0. The molecule has 2 atom stereocenters. The second kappa shape index (κ2) is 13.1. The lowest BCUT2D eigenvalue weighted by Gasteiger charge is -2.38. The third-order valence-electron chi connectivity index (χ3n) is 6.58. The van der Waals surface area contributed by atoms with Crippen LogP contribution in [0.15, 0.2) is 66.7 Å². The number of carbonyl (C=O) groups excluding carboxylic acids is 1. The maximum Gasteiger partial charge on any atom is 0.461 e. The number of rotatable bonds is 10. The molecule has 0 unspecified atom stereocenters. The first-order valence-electron chi connectivity index (χ1n) is 12.9. The molecule has 2 N–H and O–H groups in total. The zero-order valence-electron chi connectivity index (χ0n) is 23.1. The van der Waals surface area contributed by atoms with E-state index in [1.54, 1.807) is 5.32 Å². The number of hydrogen-bond donors (Lipinski definition) is 2.